The Morgan fingerprint density at radius 3 is 2.96 bits per heavy atom. The summed E-state index contributed by atoms with van der Waals surface area (Å²) in [6.07, 6.45) is 2.13. The van der Waals surface area contributed by atoms with Crippen LogP contribution in [0.2, 0.25) is 0 Å². The zero-order chi connectivity index (χ0) is 18.1. The number of anilines is 1. The van der Waals surface area contributed by atoms with Crippen LogP contribution in [0.25, 0.3) is 5.69 Å². The Morgan fingerprint density at radius 1 is 1.41 bits per heavy atom. The number of amides is 1. The molecule has 1 aliphatic heterocycles. The number of aromatic nitrogens is 4. The van der Waals surface area contributed by atoms with Gasteiger partial charge in [0, 0.05) is 31.6 Å². The van der Waals surface area contributed by atoms with E-state index in [9.17, 15) is 9.18 Å². The highest BCUT2D eigenvalue weighted by atomic mass is 35.5. The van der Waals surface area contributed by atoms with Crippen molar-refractivity contribution in [1.82, 2.24) is 30.4 Å². The number of piperazine rings is 1. The number of rotatable bonds is 5. The Labute approximate surface area is 162 Å². The number of nitrogens with one attached hydrogen (secondary N) is 2. The molecular weight excluding hydrogens is 373 g/mol. The van der Waals surface area contributed by atoms with Crippen molar-refractivity contribution in [3.63, 3.8) is 0 Å². The Balaban J connectivity index is 0.00000210. The molecule has 27 heavy (non-hydrogen) atoms. The average molecular weight is 396 g/mol. The number of carbonyl (C=O) groups is 1. The first-order valence-corrected chi connectivity index (χ1v) is 8.94. The molecule has 1 saturated carbocycles. The van der Waals surface area contributed by atoms with Crippen LogP contribution < -0.4 is 10.6 Å². The highest BCUT2D eigenvalue weighted by molar-refractivity contribution is 5.92. The van der Waals surface area contributed by atoms with Gasteiger partial charge in [0.05, 0.1) is 17.9 Å². The molecule has 2 N–H and O–H groups in total. The fourth-order valence-corrected chi connectivity index (χ4v) is 3.21. The summed E-state index contributed by atoms with van der Waals surface area (Å²) in [4.78, 5) is 14.5. The van der Waals surface area contributed by atoms with E-state index >= 15 is 0 Å². The van der Waals surface area contributed by atoms with E-state index in [2.05, 4.69) is 38.0 Å². The molecule has 0 unspecified atom stereocenters. The summed E-state index contributed by atoms with van der Waals surface area (Å²) >= 11 is 0. The van der Waals surface area contributed by atoms with Gasteiger partial charge >= 0.3 is 0 Å². The van der Waals surface area contributed by atoms with Crippen LogP contribution in [-0.2, 0) is 4.79 Å². The Kier molecular flexibility index (Phi) is 6.03. The van der Waals surface area contributed by atoms with Crippen molar-refractivity contribution >= 4 is 24.0 Å². The monoisotopic (exact) mass is 395 g/mol. The molecule has 1 aromatic heterocycles. The maximum absolute atomic E-state index is 14.2. The fourth-order valence-electron chi connectivity index (χ4n) is 3.21. The molecule has 146 valence electrons. The molecule has 1 saturated heterocycles. The van der Waals surface area contributed by atoms with Gasteiger partial charge in [-0.3, -0.25) is 9.69 Å². The molecule has 1 amide bonds. The van der Waals surface area contributed by atoms with E-state index in [0.29, 0.717) is 11.6 Å². The molecule has 10 heteroatoms. The van der Waals surface area contributed by atoms with Gasteiger partial charge in [-0.2, -0.15) is 4.68 Å². The summed E-state index contributed by atoms with van der Waals surface area (Å²) < 4.78 is 15.8. The topological polar surface area (TPSA) is 88.0 Å². The molecule has 4 rings (SSSR count). The smallest absolute Gasteiger partial charge is 0.238 e. The molecule has 2 aliphatic rings. The standard InChI is InChI=1S/C17H22FN7O.ClH/c1-11-9-19-6-7-24(11)10-16(26)20-15-8-13(4-5-14(15)18)25-17(12-2-3-12)21-22-23-25;/h4-5,8,11-12,19H,2-3,6-7,9-10H2,1H3,(H,20,26);1H/t11-;/m1./s1. The largest absolute Gasteiger partial charge is 0.322 e. The number of nitrogens with zero attached hydrogens (tertiary/aromatic N) is 5. The first kappa shape index (κ1) is 19.7. The van der Waals surface area contributed by atoms with Gasteiger partial charge in [-0.25, -0.2) is 4.39 Å². The molecule has 0 spiro atoms. The normalized spacial score (nSPS) is 20.1. The van der Waals surface area contributed by atoms with Crippen molar-refractivity contribution in [2.45, 2.75) is 31.7 Å². The van der Waals surface area contributed by atoms with Gasteiger partial charge in [0.1, 0.15) is 5.82 Å². The van der Waals surface area contributed by atoms with E-state index in [1.54, 1.807) is 16.8 Å². The number of halogens is 2. The van der Waals surface area contributed by atoms with Gasteiger partial charge in [0.15, 0.2) is 5.82 Å². The zero-order valence-corrected chi connectivity index (χ0v) is 15.9. The highest BCUT2D eigenvalue weighted by Crippen LogP contribution is 2.39. The van der Waals surface area contributed by atoms with E-state index < -0.39 is 5.82 Å². The van der Waals surface area contributed by atoms with Gasteiger partial charge in [-0.15, -0.1) is 17.5 Å². The van der Waals surface area contributed by atoms with Gasteiger partial charge in [0.2, 0.25) is 5.91 Å². The van der Waals surface area contributed by atoms with Crippen LogP contribution in [0.5, 0.6) is 0 Å². The van der Waals surface area contributed by atoms with Crippen LogP contribution in [0.1, 0.15) is 31.5 Å². The molecule has 8 nitrogen and oxygen atoms in total. The van der Waals surface area contributed by atoms with Crippen LogP contribution in [-0.4, -0.2) is 63.2 Å². The van der Waals surface area contributed by atoms with E-state index in [4.69, 9.17) is 0 Å². The van der Waals surface area contributed by atoms with Crippen LogP contribution in [0.3, 0.4) is 0 Å². The molecule has 2 heterocycles. The van der Waals surface area contributed by atoms with Crippen molar-refractivity contribution < 1.29 is 9.18 Å². The summed E-state index contributed by atoms with van der Waals surface area (Å²) in [6, 6.07) is 4.80. The lowest BCUT2D eigenvalue weighted by Gasteiger charge is -2.33. The third-order valence-corrected chi connectivity index (χ3v) is 4.89. The lowest BCUT2D eigenvalue weighted by atomic mass is 10.2. The molecule has 2 aromatic rings. The number of carbonyl (C=O) groups excluding carboxylic acids is 1. The van der Waals surface area contributed by atoms with Gasteiger partial charge < -0.3 is 10.6 Å². The van der Waals surface area contributed by atoms with E-state index in [1.165, 1.54) is 6.07 Å². The van der Waals surface area contributed by atoms with E-state index in [1.807, 2.05) is 0 Å². The minimum Gasteiger partial charge on any atom is -0.322 e. The van der Waals surface area contributed by atoms with Crippen molar-refractivity contribution in [3.8, 4) is 5.69 Å². The second kappa shape index (κ2) is 8.28. The van der Waals surface area contributed by atoms with Crippen LogP contribution in [0.15, 0.2) is 18.2 Å². The number of benzene rings is 1. The van der Waals surface area contributed by atoms with Crippen LogP contribution in [0, 0.1) is 5.82 Å². The second-order valence-corrected chi connectivity index (χ2v) is 6.96. The number of tetrazole rings is 1. The SMILES string of the molecule is C[C@@H]1CNCCN1CC(=O)Nc1cc(-n2nnnc2C2CC2)ccc1F.Cl. The Morgan fingerprint density at radius 2 is 2.22 bits per heavy atom. The quantitative estimate of drug-likeness (QED) is 0.794. The molecule has 1 aromatic carbocycles. The Hall–Kier alpha value is -2.10. The third kappa shape index (κ3) is 4.42. The maximum Gasteiger partial charge on any atom is 0.238 e. The highest BCUT2D eigenvalue weighted by Gasteiger charge is 2.30. The zero-order valence-electron chi connectivity index (χ0n) is 15.1. The predicted octanol–water partition coefficient (Wildman–Crippen LogP) is 1.33. The van der Waals surface area contributed by atoms with Gasteiger partial charge in [-0.05, 0) is 48.4 Å². The molecule has 2 fully saturated rings. The molecular formula is C17H23ClFN7O. The lowest BCUT2D eigenvalue weighted by molar-refractivity contribution is -0.118. The molecule has 0 bridgehead atoms. The molecule has 0 radical (unpaired) electrons. The van der Waals surface area contributed by atoms with Crippen molar-refractivity contribution in [2.75, 3.05) is 31.5 Å². The van der Waals surface area contributed by atoms with Gasteiger partial charge in [-0.1, -0.05) is 0 Å². The summed E-state index contributed by atoms with van der Waals surface area (Å²) in [5, 5.41) is 17.8. The first-order chi connectivity index (χ1) is 12.6. The average Bonchev–Trinajstić information content (AvgIpc) is 3.36. The predicted molar refractivity (Wildman–Crippen MR) is 101 cm³/mol. The second-order valence-electron chi connectivity index (χ2n) is 6.96. The summed E-state index contributed by atoms with van der Waals surface area (Å²) in [5.74, 6) is 0.441. The summed E-state index contributed by atoms with van der Waals surface area (Å²) in [7, 11) is 0. The fraction of sp³-hybridized carbons (Fsp3) is 0.529. The maximum atomic E-state index is 14.2. The molecule has 1 atom stereocenters. The van der Waals surface area contributed by atoms with E-state index in [0.717, 1.165) is 38.3 Å². The van der Waals surface area contributed by atoms with Crippen LogP contribution in [0.4, 0.5) is 10.1 Å². The third-order valence-electron chi connectivity index (χ3n) is 4.89. The van der Waals surface area contributed by atoms with Gasteiger partial charge in [0.25, 0.3) is 0 Å². The first-order valence-electron chi connectivity index (χ1n) is 8.94. The minimum absolute atomic E-state index is 0. The summed E-state index contributed by atoms with van der Waals surface area (Å²) in [5.41, 5.74) is 0.789. The molecule has 1 aliphatic carbocycles. The van der Waals surface area contributed by atoms with E-state index in [-0.39, 0.29) is 36.6 Å². The lowest BCUT2D eigenvalue weighted by Crippen LogP contribution is -2.52. The van der Waals surface area contributed by atoms with Crippen LogP contribution >= 0.6 is 12.4 Å². The number of hydrogen-bond acceptors (Lipinski definition) is 6. The van der Waals surface area contributed by atoms with Crippen molar-refractivity contribution in [3.05, 3.63) is 29.8 Å². The Bertz CT molecular complexity index is 810. The van der Waals surface area contributed by atoms with Crippen molar-refractivity contribution in [1.29, 1.82) is 0 Å². The number of hydrogen-bond donors (Lipinski definition) is 2. The minimum atomic E-state index is -0.475. The summed E-state index contributed by atoms with van der Waals surface area (Å²) in [6.45, 7) is 4.81. The van der Waals surface area contributed by atoms with Crippen molar-refractivity contribution in [2.24, 2.45) is 0 Å².